The molecule has 4 rings (SSSR count). The monoisotopic (exact) mass is 437 g/mol. The number of aromatic nitrogens is 2. The summed E-state index contributed by atoms with van der Waals surface area (Å²) < 4.78 is 14.9. The Morgan fingerprint density at radius 1 is 1.40 bits per heavy atom. The summed E-state index contributed by atoms with van der Waals surface area (Å²) in [6.07, 6.45) is 0.361. The van der Waals surface area contributed by atoms with Crippen LogP contribution < -0.4 is 5.32 Å². The largest absolute Gasteiger partial charge is 0.393 e. The molecule has 0 saturated heterocycles. The predicted molar refractivity (Wildman–Crippen MR) is 106 cm³/mol. The molecule has 160 valence electrons. The lowest BCUT2D eigenvalue weighted by Crippen LogP contribution is -2.46. The number of hydrogen-bond donors (Lipinski definition) is 3. The van der Waals surface area contributed by atoms with Crippen molar-refractivity contribution in [3.8, 4) is 0 Å². The van der Waals surface area contributed by atoms with Gasteiger partial charge in [-0.15, -0.1) is 0 Å². The molecule has 0 radical (unpaired) electrons. The molecule has 3 N–H and O–H groups in total. The highest BCUT2D eigenvalue weighted by atomic mass is 35.5. The summed E-state index contributed by atoms with van der Waals surface area (Å²) in [4.78, 5) is 28.7. The van der Waals surface area contributed by atoms with Gasteiger partial charge in [0.2, 0.25) is 0 Å². The van der Waals surface area contributed by atoms with E-state index in [0.29, 0.717) is 29.9 Å². The predicted octanol–water partition coefficient (Wildman–Crippen LogP) is 1.07. The number of amides is 3. The Bertz CT molecular complexity index is 1030. The first-order valence-corrected chi connectivity index (χ1v) is 9.77. The zero-order valence-electron chi connectivity index (χ0n) is 16.2. The van der Waals surface area contributed by atoms with Crippen molar-refractivity contribution in [2.75, 3.05) is 32.1 Å². The van der Waals surface area contributed by atoms with Gasteiger partial charge in [-0.05, 0) is 25.2 Å². The number of nitrogens with zero attached hydrogens (tertiary/aromatic N) is 4. The zero-order valence-corrected chi connectivity index (χ0v) is 17.0. The number of anilines is 1. The first-order valence-electron chi connectivity index (χ1n) is 9.39. The number of nitrogens with one attached hydrogen (secondary N) is 1. The minimum Gasteiger partial charge on any atom is -0.393 e. The molecule has 2 aliphatic rings. The molecule has 3 amide bonds. The molecule has 1 unspecified atom stereocenters. The number of rotatable bonds is 2. The van der Waals surface area contributed by atoms with Crippen molar-refractivity contribution >= 4 is 29.2 Å². The Morgan fingerprint density at radius 2 is 2.17 bits per heavy atom. The van der Waals surface area contributed by atoms with Gasteiger partial charge in [0.15, 0.2) is 0 Å². The third-order valence-electron chi connectivity index (χ3n) is 5.30. The van der Waals surface area contributed by atoms with Crippen LogP contribution in [0.1, 0.15) is 21.7 Å². The Labute approximate surface area is 176 Å². The Kier molecular flexibility index (Phi) is 5.27. The van der Waals surface area contributed by atoms with Gasteiger partial charge < -0.3 is 15.5 Å². The number of β-amino-alcohol motifs (C(OH)–C–C–N with tert-alkyl or cyclic N) is 1. The van der Waals surface area contributed by atoms with Crippen LogP contribution in [-0.2, 0) is 19.5 Å². The molecular formula is C19H21ClFN5O4. The average Bonchev–Trinajstić information content (AvgIpc) is 2.95. The lowest BCUT2D eigenvalue weighted by atomic mass is 10.0. The van der Waals surface area contributed by atoms with E-state index < -0.39 is 30.0 Å². The number of hydrogen-bond acceptors (Lipinski definition) is 6. The molecule has 11 heteroatoms. The van der Waals surface area contributed by atoms with E-state index in [0.717, 1.165) is 11.0 Å². The van der Waals surface area contributed by atoms with E-state index in [1.165, 1.54) is 12.1 Å². The topological polar surface area (TPSA) is 111 Å². The number of benzene rings is 1. The fraction of sp³-hybridized carbons (Fsp3) is 0.421. The third-order valence-corrected chi connectivity index (χ3v) is 5.59. The van der Waals surface area contributed by atoms with Crippen molar-refractivity contribution in [1.82, 2.24) is 19.6 Å². The van der Waals surface area contributed by atoms with E-state index in [-0.39, 0.29) is 30.3 Å². The fourth-order valence-electron chi connectivity index (χ4n) is 3.92. The molecule has 2 aliphatic heterocycles. The van der Waals surface area contributed by atoms with Crippen molar-refractivity contribution < 1.29 is 24.2 Å². The van der Waals surface area contributed by atoms with Gasteiger partial charge in [-0.25, -0.2) is 9.18 Å². The first-order chi connectivity index (χ1) is 14.2. The number of carbonyl (C=O) groups is 2. The zero-order chi connectivity index (χ0) is 21.6. The van der Waals surface area contributed by atoms with Crippen LogP contribution in [0, 0.1) is 5.82 Å². The van der Waals surface area contributed by atoms with Gasteiger partial charge in [0, 0.05) is 31.7 Å². The number of fused-ring (bicyclic) bond motifs is 3. The Balaban J connectivity index is 1.61. The number of carbonyl (C=O) groups excluding carboxylic acids is 2. The number of aliphatic hydroxyl groups is 2. The van der Waals surface area contributed by atoms with Crippen molar-refractivity contribution in [3.05, 3.63) is 46.0 Å². The van der Waals surface area contributed by atoms with Gasteiger partial charge in [-0.3, -0.25) is 19.3 Å². The van der Waals surface area contributed by atoms with Crippen molar-refractivity contribution in [2.45, 2.75) is 25.1 Å². The third kappa shape index (κ3) is 3.67. The second-order valence-electron chi connectivity index (χ2n) is 7.75. The smallest absolute Gasteiger partial charge is 0.328 e. The standard InChI is InChI=1S/C19H21ClFN5O4/c1-24-7-15-16-14(23-26(15)9-19(30,8-24)10-27)4-5-25(17(16)28)18(29)22-11-2-3-13(21)12(20)6-11/h2-3,6,27,30H,4-5,7-10H2,1H3,(H,22,29). The molecule has 2 aromatic rings. The van der Waals surface area contributed by atoms with E-state index in [1.54, 1.807) is 16.6 Å². The van der Waals surface area contributed by atoms with Crippen molar-refractivity contribution in [2.24, 2.45) is 0 Å². The summed E-state index contributed by atoms with van der Waals surface area (Å²) in [5.74, 6) is -1.10. The van der Waals surface area contributed by atoms with Gasteiger partial charge in [-0.2, -0.15) is 5.10 Å². The normalized spacial score (nSPS) is 21.8. The van der Waals surface area contributed by atoms with Crippen LogP contribution in [0.5, 0.6) is 0 Å². The summed E-state index contributed by atoms with van der Waals surface area (Å²) in [6.45, 7) is 0.279. The molecule has 1 aromatic carbocycles. The van der Waals surface area contributed by atoms with E-state index in [1.807, 2.05) is 0 Å². The Hall–Kier alpha value is -2.53. The molecule has 0 bridgehead atoms. The molecule has 30 heavy (non-hydrogen) atoms. The number of imide groups is 1. The molecule has 9 nitrogen and oxygen atoms in total. The summed E-state index contributed by atoms with van der Waals surface area (Å²) in [5.41, 5.74) is 0.370. The van der Waals surface area contributed by atoms with Crippen molar-refractivity contribution in [3.63, 3.8) is 0 Å². The molecule has 3 heterocycles. The molecule has 1 aromatic heterocycles. The second kappa shape index (κ2) is 7.62. The average molecular weight is 438 g/mol. The van der Waals surface area contributed by atoms with Crippen molar-refractivity contribution in [1.29, 1.82) is 0 Å². The quantitative estimate of drug-likeness (QED) is 0.648. The van der Waals surface area contributed by atoms with E-state index in [4.69, 9.17) is 11.6 Å². The number of aliphatic hydroxyl groups excluding tert-OH is 1. The second-order valence-corrected chi connectivity index (χ2v) is 8.15. The molecule has 0 aliphatic carbocycles. The highest BCUT2D eigenvalue weighted by molar-refractivity contribution is 6.31. The van der Waals surface area contributed by atoms with Gasteiger partial charge in [0.05, 0.1) is 35.1 Å². The van der Waals surface area contributed by atoms with Crippen LogP contribution in [0.4, 0.5) is 14.9 Å². The molecule has 0 spiro atoms. The summed E-state index contributed by atoms with van der Waals surface area (Å²) in [7, 11) is 1.77. The van der Waals surface area contributed by atoms with Crippen LogP contribution >= 0.6 is 11.6 Å². The summed E-state index contributed by atoms with van der Waals surface area (Å²) in [5, 5.41) is 27.1. The lowest BCUT2D eigenvalue weighted by molar-refractivity contribution is -0.0445. The van der Waals surface area contributed by atoms with E-state index in [2.05, 4.69) is 10.4 Å². The van der Waals surface area contributed by atoms with Crippen LogP contribution in [-0.4, -0.2) is 74.1 Å². The lowest BCUT2D eigenvalue weighted by Gasteiger charge is -2.27. The molecular weight excluding hydrogens is 417 g/mol. The highest BCUT2D eigenvalue weighted by Crippen LogP contribution is 2.28. The maximum absolute atomic E-state index is 13.3. The fourth-order valence-corrected chi connectivity index (χ4v) is 4.10. The Morgan fingerprint density at radius 3 is 2.87 bits per heavy atom. The van der Waals surface area contributed by atoms with E-state index in [9.17, 15) is 24.2 Å². The minimum absolute atomic E-state index is 0.0454. The van der Waals surface area contributed by atoms with Crippen LogP contribution in [0.25, 0.3) is 0 Å². The maximum atomic E-state index is 13.3. The van der Waals surface area contributed by atoms with Gasteiger partial charge >= 0.3 is 6.03 Å². The molecule has 0 saturated carbocycles. The van der Waals surface area contributed by atoms with Gasteiger partial charge in [0.1, 0.15) is 11.4 Å². The van der Waals surface area contributed by atoms with E-state index >= 15 is 0 Å². The van der Waals surface area contributed by atoms with Gasteiger partial charge in [-0.1, -0.05) is 11.6 Å². The minimum atomic E-state index is -1.38. The highest BCUT2D eigenvalue weighted by Gasteiger charge is 2.39. The van der Waals surface area contributed by atoms with Gasteiger partial charge in [0.25, 0.3) is 5.91 Å². The molecule has 0 fully saturated rings. The molecule has 1 atom stereocenters. The number of urea groups is 1. The van der Waals surface area contributed by atoms with Crippen LogP contribution in [0.3, 0.4) is 0 Å². The van der Waals surface area contributed by atoms with Crippen LogP contribution in [0.2, 0.25) is 5.02 Å². The summed E-state index contributed by atoms with van der Waals surface area (Å²) in [6, 6.07) is 3.10. The first kappa shape index (κ1) is 20.7. The number of likely N-dealkylation sites (N-methyl/N-ethyl adjacent to an activating group) is 1. The summed E-state index contributed by atoms with van der Waals surface area (Å²) >= 11 is 5.75. The maximum Gasteiger partial charge on any atom is 0.328 e. The number of halogens is 2. The SMILES string of the molecule is CN1Cc2c3c(nn2CC(O)(CO)C1)CCN(C(=O)Nc1ccc(F)c(Cl)c1)C3=O. The van der Waals surface area contributed by atoms with Crippen LogP contribution in [0.15, 0.2) is 18.2 Å².